The van der Waals surface area contributed by atoms with Crippen LogP contribution in [0.3, 0.4) is 0 Å². The number of carbonyl (C=O) groups is 1. The molecule has 1 aliphatic heterocycles. The summed E-state index contributed by atoms with van der Waals surface area (Å²) in [5.41, 5.74) is 6.09. The lowest BCUT2D eigenvalue weighted by Gasteiger charge is -2.36. The molecule has 0 saturated carbocycles. The van der Waals surface area contributed by atoms with E-state index in [0.717, 1.165) is 5.69 Å². The lowest BCUT2D eigenvalue weighted by molar-refractivity contribution is -0.0806. The van der Waals surface area contributed by atoms with Crippen LogP contribution in [0.2, 0.25) is 0 Å². The molecule has 3 N–H and O–H groups in total. The second-order valence-corrected chi connectivity index (χ2v) is 5.95. The maximum atomic E-state index is 13.0. The van der Waals surface area contributed by atoms with Crippen molar-refractivity contribution in [1.82, 2.24) is 5.06 Å². The van der Waals surface area contributed by atoms with Crippen LogP contribution < -0.4 is 15.4 Å². The molecule has 2 aromatic rings. The number of hydroxylamine groups is 2. The zero-order valence-electron chi connectivity index (χ0n) is 13.6. The summed E-state index contributed by atoms with van der Waals surface area (Å²) in [7, 11) is 0. The van der Waals surface area contributed by atoms with Crippen LogP contribution in [0.5, 0.6) is 11.5 Å². The van der Waals surface area contributed by atoms with Gasteiger partial charge in [0.2, 0.25) is 0 Å². The number of benzene rings is 2. The van der Waals surface area contributed by atoms with Gasteiger partial charge in [-0.1, -0.05) is 6.07 Å². The minimum absolute atomic E-state index is 0.257. The predicted octanol–water partition coefficient (Wildman–Crippen LogP) is 3.36. The van der Waals surface area contributed by atoms with E-state index < -0.39 is 6.03 Å². The highest BCUT2D eigenvalue weighted by Gasteiger charge is 2.26. The first-order valence-corrected chi connectivity index (χ1v) is 8.09. The van der Waals surface area contributed by atoms with Crippen LogP contribution in [0.4, 0.5) is 14.9 Å². The molecule has 0 aromatic heterocycles. The standard InChI is InChI=1S/C18H20FN3O3/c19-13-4-6-16(7-5-13)25-17-3-1-2-15(12-17)21-10-8-14(9-11-21)22(24)18(20)23/h1-7,12,14,24H,8-11H2,(H2,20,23). The van der Waals surface area contributed by atoms with Crippen molar-refractivity contribution < 1.29 is 19.1 Å². The third-order valence-corrected chi connectivity index (χ3v) is 4.27. The van der Waals surface area contributed by atoms with Crippen molar-refractivity contribution in [3.05, 3.63) is 54.3 Å². The van der Waals surface area contributed by atoms with E-state index in [1.54, 1.807) is 12.1 Å². The fraction of sp³-hybridized carbons (Fsp3) is 0.278. The number of hydrogen-bond donors (Lipinski definition) is 2. The van der Waals surface area contributed by atoms with E-state index in [2.05, 4.69) is 4.90 Å². The van der Waals surface area contributed by atoms with Crippen molar-refractivity contribution >= 4 is 11.7 Å². The molecule has 132 valence electrons. The van der Waals surface area contributed by atoms with Crippen LogP contribution >= 0.6 is 0 Å². The maximum Gasteiger partial charge on any atom is 0.338 e. The van der Waals surface area contributed by atoms with Gasteiger partial charge in [0.25, 0.3) is 0 Å². The van der Waals surface area contributed by atoms with Gasteiger partial charge < -0.3 is 15.4 Å². The van der Waals surface area contributed by atoms with E-state index in [1.807, 2.05) is 24.3 Å². The monoisotopic (exact) mass is 345 g/mol. The summed E-state index contributed by atoms with van der Waals surface area (Å²) in [6.45, 7) is 1.38. The number of anilines is 1. The van der Waals surface area contributed by atoms with Crippen LogP contribution in [0, 0.1) is 5.82 Å². The minimum atomic E-state index is -0.826. The Bertz CT molecular complexity index is 731. The van der Waals surface area contributed by atoms with Gasteiger partial charge in [0.15, 0.2) is 0 Å². The van der Waals surface area contributed by atoms with E-state index in [1.165, 1.54) is 12.1 Å². The Morgan fingerprint density at radius 2 is 1.84 bits per heavy atom. The molecule has 0 unspecified atom stereocenters. The zero-order chi connectivity index (χ0) is 17.8. The topological polar surface area (TPSA) is 79.0 Å². The van der Waals surface area contributed by atoms with Gasteiger partial charge in [-0.3, -0.25) is 5.21 Å². The van der Waals surface area contributed by atoms with Gasteiger partial charge in [-0.25, -0.2) is 14.2 Å². The van der Waals surface area contributed by atoms with Gasteiger partial charge >= 0.3 is 6.03 Å². The van der Waals surface area contributed by atoms with Gasteiger partial charge in [0.1, 0.15) is 17.3 Å². The molecule has 3 rings (SSSR count). The molecule has 1 aliphatic rings. The second-order valence-electron chi connectivity index (χ2n) is 5.95. The second kappa shape index (κ2) is 7.40. The molecule has 1 saturated heterocycles. The highest BCUT2D eigenvalue weighted by molar-refractivity contribution is 5.71. The average molecular weight is 345 g/mol. The van der Waals surface area contributed by atoms with E-state index in [0.29, 0.717) is 42.5 Å². The predicted molar refractivity (Wildman–Crippen MR) is 91.4 cm³/mol. The zero-order valence-corrected chi connectivity index (χ0v) is 13.6. The number of rotatable bonds is 4. The number of ether oxygens (including phenoxy) is 1. The first-order chi connectivity index (χ1) is 12.0. The largest absolute Gasteiger partial charge is 0.457 e. The van der Waals surface area contributed by atoms with Gasteiger partial charge in [-0.05, 0) is 49.2 Å². The van der Waals surface area contributed by atoms with Crippen molar-refractivity contribution in [2.75, 3.05) is 18.0 Å². The molecule has 6 nitrogen and oxygen atoms in total. The summed E-state index contributed by atoms with van der Waals surface area (Å²) in [5.74, 6) is 0.916. The Morgan fingerprint density at radius 3 is 2.48 bits per heavy atom. The molecule has 0 aliphatic carbocycles. The average Bonchev–Trinajstić information content (AvgIpc) is 2.63. The third kappa shape index (κ3) is 4.19. The van der Waals surface area contributed by atoms with Crippen molar-refractivity contribution in [1.29, 1.82) is 0 Å². The number of amides is 2. The fourth-order valence-electron chi connectivity index (χ4n) is 2.93. The normalized spacial score (nSPS) is 15.0. The van der Waals surface area contributed by atoms with Crippen molar-refractivity contribution in [3.63, 3.8) is 0 Å². The molecule has 1 fully saturated rings. The number of piperidine rings is 1. The van der Waals surface area contributed by atoms with Gasteiger partial charge in [-0.2, -0.15) is 0 Å². The third-order valence-electron chi connectivity index (χ3n) is 4.27. The smallest absolute Gasteiger partial charge is 0.338 e. The van der Waals surface area contributed by atoms with E-state index in [-0.39, 0.29) is 11.9 Å². The van der Waals surface area contributed by atoms with Gasteiger partial charge in [0, 0.05) is 24.8 Å². The Hall–Kier alpha value is -2.80. The molecule has 0 spiro atoms. The van der Waals surface area contributed by atoms with Crippen LogP contribution in [0.15, 0.2) is 48.5 Å². The lowest BCUT2D eigenvalue weighted by Crippen LogP contribution is -2.47. The lowest BCUT2D eigenvalue weighted by atomic mass is 10.0. The highest BCUT2D eigenvalue weighted by atomic mass is 19.1. The summed E-state index contributed by atoms with van der Waals surface area (Å²) in [6, 6.07) is 12.4. The number of urea groups is 1. The van der Waals surface area contributed by atoms with Crippen LogP contribution in [-0.2, 0) is 0 Å². The summed E-state index contributed by atoms with van der Waals surface area (Å²) in [6.07, 6.45) is 1.25. The number of nitrogens with zero attached hydrogens (tertiary/aromatic N) is 2. The highest BCUT2D eigenvalue weighted by Crippen LogP contribution is 2.28. The van der Waals surface area contributed by atoms with Crippen molar-refractivity contribution in [2.45, 2.75) is 18.9 Å². The summed E-state index contributed by atoms with van der Waals surface area (Å²) >= 11 is 0. The molecule has 1 heterocycles. The Labute approximate surface area is 145 Å². The van der Waals surface area contributed by atoms with E-state index in [9.17, 15) is 14.4 Å². The molecule has 0 atom stereocenters. The number of primary amides is 1. The fourth-order valence-corrected chi connectivity index (χ4v) is 2.93. The van der Waals surface area contributed by atoms with Gasteiger partial charge in [-0.15, -0.1) is 0 Å². The minimum Gasteiger partial charge on any atom is -0.457 e. The first-order valence-electron chi connectivity index (χ1n) is 8.09. The number of hydrogen-bond acceptors (Lipinski definition) is 4. The summed E-state index contributed by atoms with van der Waals surface area (Å²) in [4.78, 5) is 13.2. The van der Waals surface area contributed by atoms with E-state index in [4.69, 9.17) is 10.5 Å². The Balaban J connectivity index is 1.64. The van der Waals surface area contributed by atoms with E-state index >= 15 is 0 Å². The molecule has 0 radical (unpaired) electrons. The molecule has 7 heteroatoms. The maximum absolute atomic E-state index is 13.0. The SMILES string of the molecule is NC(=O)N(O)C1CCN(c2cccc(Oc3ccc(F)cc3)c2)CC1. The molecular formula is C18H20FN3O3. The van der Waals surface area contributed by atoms with Crippen molar-refractivity contribution in [2.24, 2.45) is 5.73 Å². The molecular weight excluding hydrogens is 325 g/mol. The number of nitrogens with two attached hydrogens (primary N) is 1. The van der Waals surface area contributed by atoms with Gasteiger partial charge in [0.05, 0.1) is 6.04 Å². The molecule has 2 amide bonds. The number of halogens is 1. The summed E-state index contributed by atoms with van der Waals surface area (Å²) in [5, 5.41) is 10.2. The van der Waals surface area contributed by atoms with Crippen LogP contribution in [0.25, 0.3) is 0 Å². The summed E-state index contributed by atoms with van der Waals surface area (Å²) < 4.78 is 18.7. The van der Waals surface area contributed by atoms with Crippen LogP contribution in [-0.4, -0.2) is 35.4 Å². The van der Waals surface area contributed by atoms with Crippen LogP contribution in [0.1, 0.15) is 12.8 Å². The Kier molecular flexibility index (Phi) is 5.04. The quantitative estimate of drug-likeness (QED) is 0.658. The number of carbonyl (C=O) groups excluding carboxylic acids is 1. The first kappa shape index (κ1) is 17.0. The molecule has 25 heavy (non-hydrogen) atoms. The molecule has 2 aromatic carbocycles. The van der Waals surface area contributed by atoms with Crippen molar-refractivity contribution in [3.8, 4) is 11.5 Å². The molecule has 0 bridgehead atoms. The Morgan fingerprint density at radius 1 is 1.16 bits per heavy atom.